The number of imide groups is 1. The molecule has 1 aromatic heterocycles. The van der Waals surface area contributed by atoms with Crippen LogP contribution in [0, 0.1) is 0 Å². The molecule has 0 aliphatic carbocycles. The zero-order chi connectivity index (χ0) is 16.1. The van der Waals surface area contributed by atoms with Gasteiger partial charge in [-0.2, -0.15) is 0 Å². The summed E-state index contributed by atoms with van der Waals surface area (Å²) in [5.74, 6) is 5.47. The summed E-state index contributed by atoms with van der Waals surface area (Å²) in [6, 6.07) is 9.06. The second-order valence-corrected chi connectivity index (χ2v) is 5.82. The van der Waals surface area contributed by atoms with E-state index in [9.17, 15) is 9.59 Å². The molecule has 116 valence electrons. The Morgan fingerprint density at radius 3 is 2.64 bits per heavy atom. The maximum absolute atomic E-state index is 11.8. The molecule has 0 saturated carbocycles. The van der Waals surface area contributed by atoms with E-state index in [1.165, 1.54) is 23.5 Å². The molecule has 0 unspecified atom stereocenters. The first-order chi connectivity index (χ1) is 10.5. The predicted octanol–water partition coefficient (Wildman–Crippen LogP) is 1.20. The minimum absolute atomic E-state index is 0.409. The molecule has 22 heavy (non-hydrogen) atoms. The molecule has 8 heteroatoms. The van der Waals surface area contributed by atoms with Gasteiger partial charge >= 0.3 is 6.03 Å². The van der Waals surface area contributed by atoms with Crippen molar-refractivity contribution in [3.05, 3.63) is 36.5 Å². The zero-order valence-electron chi connectivity index (χ0n) is 12.2. The van der Waals surface area contributed by atoms with Gasteiger partial charge in [0.25, 0.3) is 0 Å². The standard InChI is InChI=1S/C14H17N5O2S/c1-9(12(20)18-13(21)16-2)22-14-17-11(8-19(14)15)10-6-4-3-5-7-10/h3-9H,15H2,1-2H3,(H2,16,18,20,21)/t9-/m1/s1. The van der Waals surface area contributed by atoms with Crippen LogP contribution in [0.2, 0.25) is 0 Å². The second-order valence-electron chi connectivity index (χ2n) is 4.51. The van der Waals surface area contributed by atoms with Gasteiger partial charge in [0.15, 0.2) is 5.16 Å². The molecule has 0 radical (unpaired) electrons. The SMILES string of the molecule is CNC(=O)NC(=O)[C@@H](C)Sc1nc(-c2ccccc2)cn1N. The maximum Gasteiger partial charge on any atom is 0.321 e. The minimum Gasteiger partial charge on any atom is -0.341 e. The number of nitrogens with two attached hydrogens (primary N) is 1. The summed E-state index contributed by atoms with van der Waals surface area (Å²) in [6.07, 6.45) is 1.70. The Labute approximate surface area is 132 Å². The van der Waals surface area contributed by atoms with Gasteiger partial charge in [-0.05, 0) is 6.92 Å². The van der Waals surface area contributed by atoms with Crippen molar-refractivity contribution < 1.29 is 9.59 Å². The summed E-state index contributed by atoms with van der Waals surface area (Å²) in [5, 5.41) is 4.54. The average molecular weight is 319 g/mol. The number of aromatic nitrogens is 2. The van der Waals surface area contributed by atoms with Gasteiger partial charge in [0.2, 0.25) is 5.91 Å². The Bertz CT molecular complexity index is 671. The minimum atomic E-state index is -0.543. The summed E-state index contributed by atoms with van der Waals surface area (Å²) in [7, 11) is 1.44. The van der Waals surface area contributed by atoms with Crippen LogP contribution in [0.3, 0.4) is 0 Å². The number of thioether (sulfide) groups is 1. The Hall–Kier alpha value is -2.48. The Morgan fingerprint density at radius 1 is 1.32 bits per heavy atom. The van der Waals surface area contributed by atoms with E-state index in [4.69, 9.17) is 5.84 Å². The molecule has 2 rings (SSSR count). The lowest BCUT2D eigenvalue weighted by molar-refractivity contribution is -0.119. The van der Waals surface area contributed by atoms with Gasteiger partial charge in [0.05, 0.1) is 17.1 Å². The van der Waals surface area contributed by atoms with Gasteiger partial charge < -0.3 is 11.2 Å². The third kappa shape index (κ3) is 3.79. The maximum atomic E-state index is 11.8. The van der Waals surface area contributed by atoms with Gasteiger partial charge in [0, 0.05) is 12.6 Å². The van der Waals surface area contributed by atoms with Crippen LogP contribution in [0.15, 0.2) is 41.7 Å². The summed E-state index contributed by atoms with van der Waals surface area (Å²) in [4.78, 5) is 27.4. The van der Waals surface area contributed by atoms with E-state index in [-0.39, 0.29) is 0 Å². The number of carbonyl (C=O) groups is 2. The van der Waals surface area contributed by atoms with Crippen molar-refractivity contribution in [1.82, 2.24) is 20.3 Å². The molecule has 1 atom stereocenters. The third-order valence-electron chi connectivity index (χ3n) is 2.88. The molecule has 2 aromatic rings. The number of nitrogens with zero attached hydrogens (tertiary/aromatic N) is 2. The van der Waals surface area contributed by atoms with E-state index >= 15 is 0 Å². The molecule has 4 N–H and O–H groups in total. The highest BCUT2D eigenvalue weighted by Crippen LogP contribution is 2.25. The molecule has 0 aliphatic heterocycles. The van der Waals surface area contributed by atoms with Crippen molar-refractivity contribution in [2.24, 2.45) is 0 Å². The topological polar surface area (TPSA) is 102 Å². The van der Waals surface area contributed by atoms with E-state index in [1.807, 2.05) is 30.3 Å². The zero-order valence-corrected chi connectivity index (χ0v) is 13.1. The number of imidazole rings is 1. The predicted molar refractivity (Wildman–Crippen MR) is 85.7 cm³/mol. The largest absolute Gasteiger partial charge is 0.341 e. The fraction of sp³-hybridized carbons (Fsp3) is 0.214. The van der Waals surface area contributed by atoms with Crippen molar-refractivity contribution in [3.8, 4) is 11.3 Å². The van der Waals surface area contributed by atoms with E-state index < -0.39 is 17.2 Å². The smallest absolute Gasteiger partial charge is 0.321 e. The second kappa shape index (κ2) is 6.99. The van der Waals surface area contributed by atoms with E-state index in [0.717, 1.165) is 11.3 Å². The molecule has 0 fully saturated rings. The van der Waals surface area contributed by atoms with Crippen LogP contribution in [-0.2, 0) is 4.79 Å². The molecule has 7 nitrogen and oxygen atoms in total. The van der Waals surface area contributed by atoms with Gasteiger partial charge in [-0.25, -0.2) is 14.5 Å². The molecule has 1 aromatic carbocycles. The van der Waals surface area contributed by atoms with Gasteiger partial charge in [-0.15, -0.1) is 0 Å². The van der Waals surface area contributed by atoms with Crippen LogP contribution in [0.25, 0.3) is 11.3 Å². The molecule has 0 spiro atoms. The fourth-order valence-corrected chi connectivity index (χ4v) is 2.51. The lowest BCUT2D eigenvalue weighted by Crippen LogP contribution is -2.41. The van der Waals surface area contributed by atoms with Crippen LogP contribution < -0.4 is 16.5 Å². The average Bonchev–Trinajstić information content (AvgIpc) is 2.89. The highest BCUT2D eigenvalue weighted by atomic mass is 32.2. The molecular weight excluding hydrogens is 302 g/mol. The number of rotatable bonds is 4. The summed E-state index contributed by atoms with van der Waals surface area (Å²) < 4.78 is 1.37. The van der Waals surface area contributed by atoms with Crippen molar-refractivity contribution >= 4 is 23.7 Å². The number of amides is 3. The quantitative estimate of drug-likeness (QED) is 0.580. The summed E-state index contributed by atoms with van der Waals surface area (Å²) >= 11 is 1.18. The highest BCUT2D eigenvalue weighted by molar-refractivity contribution is 8.00. The number of carbonyl (C=O) groups excluding carboxylic acids is 2. The number of hydrogen-bond donors (Lipinski definition) is 3. The van der Waals surface area contributed by atoms with E-state index in [0.29, 0.717) is 5.16 Å². The van der Waals surface area contributed by atoms with E-state index in [1.54, 1.807) is 13.1 Å². The van der Waals surface area contributed by atoms with Crippen LogP contribution in [-0.4, -0.2) is 33.9 Å². The third-order valence-corrected chi connectivity index (χ3v) is 3.96. The number of nitrogen functional groups attached to an aromatic ring is 1. The van der Waals surface area contributed by atoms with Crippen molar-refractivity contribution in [3.63, 3.8) is 0 Å². The molecule has 3 amide bonds. The van der Waals surface area contributed by atoms with Crippen LogP contribution >= 0.6 is 11.8 Å². The van der Waals surface area contributed by atoms with Crippen LogP contribution in [0.5, 0.6) is 0 Å². The first kappa shape index (κ1) is 15.9. The number of urea groups is 1. The van der Waals surface area contributed by atoms with E-state index in [2.05, 4.69) is 15.6 Å². The van der Waals surface area contributed by atoms with Crippen molar-refractivity contribution in [2.45, 2.75) is 17.3 Å². The molecule has 0 saturated heterocycles. The Balaban J connectivity index is 2.09. The fourth-order valence-electron chi connectivity index (χ4n) is 1.70. The first-order valence-corrected chi connectivity index (χ1v) is 7.48. The number of nitrogens with one attached hydrogen (secondary N) is 2. The monoisotopic (exact) mass is 319 g/mol. The highest BCUT2D eigenvalue weighted by Gasteiger charge is 2.19. The van der Waals surface area contributed by atoms with Crippen LogP contribution in [0.4, 0.5) is 4.79 Å². The number of hydrogen-bond acceptors (Lipinski definition) is 5. The molecule has 0 aliphatic rings. The Kier molecular flexibility index (Phi) is 5.05. The normalized spacial score (nSPS) is 11.7. The molecule has 0 bridgehead atoms. The van der Waals surface area contributed by atoms with Crippen molar-refractivity contribution in [2.75, 3.05) is 12.9 Å². The number of benzene rings is 1. The molecule has 1 heterocycles. The van der Waals surface area contributed by atoms with Gasteiger partial charge in [-0.1, -0.05) is 42.1 Å². The first-order valence-electron chi connectivity index (χ1n) is 6.60. The lowest BCUT2D eigenvalue weighted by Gasteiger charge is -2.10. The summed E-state index contributed by atoms with van der Waals surface area (Å²) in [5.41, 5.74) is 1.67. The van der Waals surface area contributed by atoms with Gasteiger partial charge in [-0.3, -0.25) is 10.1 Å². The van der Waals surface area contributed by atoms with Crippen molar-refractivity contribution in [1.29, 1.82) is 0 Å². The van der Waals surface area contributed by atoms with Crippen LogP contribution in [0.1, 0.15) is 6.92 Å². The Morgan fingerprint density at radius 2 is 2.00 bits per heavy atom. The molecular formula is C14H17N5O2S. The lowest BCUT2D eigenvalue weighted by atomic mass is 10.2. The summed E-state index contributed by atoms with van der Waals surface area (Å²) in [6.45, 7) is 1.68. The van der Waals surface area contributed by atoms with Gasteiger partial charge in [0.1, 0.15) is 0 Å².